The van der Waals surface area contributed by atoms with Gasteiger partial charge in [-0.25, -0.2) is 0 Å². The number of benzene rings is 3. The third-order valence-corrected chi connectivity index (χ3v) is 8.12. The number of H-pyrrole nitrogens is 1. The van der Waals surface area contributed by atoms with Gasteiger partial charge in [0, 0.05) is 35.1 Å². The predicted octanol–water partition coefficient (Wildman–Crippen LogP) is 6.04. The van der Waals surface area contributed by atoms with Gasteiger partial charge in [0.2, 0.25) is 0 Å². The van der Waals surface area contributed by atoms with E-state index < -0.39 is 0 Å². The Morgan fingerprint density at radius 1 is 1.03 bits per heavy atom. The number of piperidine rings is 1. The van der Waals surface area contributed by atoms with Crippen molar-refractivity contribution in [1.29, 1.82) is 0 Å². The summed E-state index contributed by atoms with van der Waals surface area (Å²) in [7, 11) is 1.77. The summed E-state index contributed by atoms with van der Waals surface area (Å²) in [4.78, 5) is 6.49. The fourth-order valence-electron chi connectivity index (χ4n) is 6.40. The molecule has 3 heteroatoms. The number of fused-ring (bicyclic) bond motifs is 4. The second kappa shape index (κ2) is 8.07. The van der Waals surface area contributed by atoms with E-state index in [0.717, 1.165) is 38.2 Å². The number of likely N-dealkylation sites (tertiary alicyclic amines) is 1. The van der Waals surface area contributed by atoms with Crippen LogP contribution in [0.1, 0.15) is 34.4 Å². The Morgan fingerprint density at radius 2 is 1.91 bits per heavy atom. The highest BCUT2D eigenvalue weighted by atomic mass is 16.5. The molecule has 168 valence electrons. The van der Waals surface area contributed by atoms with Crippen LogP contribution >= 0.6 is 0 Å². The smallest absolute Gasteiger partial charge is 0.119 e. The molecule has 1 N–H and O–H groups in total. The van der Waals surface area contributed by atoms with E-state index >= 15 is 0 Å². The molecule has 0 radical (unpaired) electrons. The van der Waals surface area contributed by atoms with Crippen LogP contribution in [0.15, 0.2) is 72.8 Å². The molecule has 1 aromatic heterocycles. The molecule has 1 saturated heterocycles. The number of nitrogens with one attached hydrogen (secondary N) is 1. The van der Waals surface area contributed by atoms with Crippen LogP contribution in [0.5, 0.6) is 5.75 Å². The summed E-state index contributed by atoms with van der Waals surface area (Å²) in [6.45, 7) is 5.46. The molecule has 6 rings (SSSR count). The number of methoxy groups -OCH3 is 1. The summed E-state index contributed by atoms with van der Waals surface area (Å²) >= 11 is 0. The van der Waals surface area contributed by atoms with Crippen molar-refractivity contribution in [2.24, 2.45) is 5.92 Å². The molecular weight excluding hydrogens is 404 g/mol. The molecule has 4 aromatic rings. The Labute approximate surface area is 196 Å². The quantitative estimate of drug-likeness (QED) is 0.422. The third kappa shape index (κ3) is 3.55. The first-order valence-electron chi connectivity index (χ1n) is 12.2. The van der Waals surface area contributed by atoms with Gasteiger partial charge < -0.3 is 9.72 Å². The number of hydrogen-bond donors (Lipinski definition) is 1. The van der Waals surface area contributed by atoms with Crippen molar-refractivity contribution < 1.29 is 4.74 Å². The van der Waals surface area contributed by atoms with Crippen LogP contribution in [0, 0.1) is 12.8 Å². The van der Waals surface area contributed by atoms with Crippen molar-refractivity contribution in [1.82, 2.24) is 9.88 Å². The second-order valence-corrected chi connectivity index (χ2v) is 10.1. The largest absolute Gasteiger partial charge is 0.497 e. The van der Waals surface area contributed by atoms with Crippen LogP contribution < -0.4 is 4.74 Å². The fourth-order valence-corrected chi connectivity index (χ4v) is 6.40. The number of ether oxygens (including phenoxy) is 1. The van der Waals surface area contributed by atoms with E-state index in [1.165, 1.54) is 45.3 Å². The fraction of sp³-hybridized carbons (Fsp3) is 0.333. The molecule has 0 spiro atoms. The lowest BCUT2D eigenvalue weighted by atomic mass is 9.58. The molecule has 33 heavy (non-hydrogen) atoms. The Kier molecular flexibility index (Phi) is 5.03. The van der Waals surface area contributed by atoms with Gasteiger partial charge in [-0.2, -0.15) is 0 Å². The minimum Gasteiger partial charge on any atom is -0.497 e. The van der Waals surface area contributed by atoms with Crippen LogP contribution in [-0.4, -0.2) is 30.1 Å². The number of aromatic amines is 1. The summed E-state index contributed by atoms with van der Waals surface area (Å²) in [6.07, 6.45) is 3.37. The lowest BCUT2D eigenvalue weighted by Crippen LogP contribution is -2.53. The molecule has 1 aliphatic carbocycles. The highest BCUT2D eigenvalue weighted by Crippen LogP contribution is 2.49. The number of nitrogens with zero attached hydrogens (tertiary/aromatic N) is 1. The van der Waals surface area contributed by atoms with Gasteiger partial charge in [-0.3, -0.25) is 4.90 Å². The average Bonchev–Trinajstić information content (AvgIpc) is 3.19. The van der Waals surface area contributed by atoms with Crippen LogP contribution in [0.25, 0.3) is 10.9 Å². The first-order valence-corrected chi connectivity index (χ1v) is 12.2. The maximum Gasteiger partial charge on any atom is 0.119 e. The normalized spacial score (nSPS) is 22.7. The Bertz CT molecular complexity index is 1290. The van der Waals surface area contributed by atoms with Crippen molar-refractivity contribution in [3.8, 4) is 5.75 Å². The highest BCUT2D eigenvalue weighted by molar-refractivity contribution is 5.85. The molecule has 0 amide bonds. The predicted molar refractivity (Wildman–Crippen MR) is 135 cm³/mol. The van der Waals surface area contributed by atoms with E-state index in [0.29, 0.717) is 5.92 Å². The van der Waals surface area contributed by atoms with Crippen LogP contribution in [0.3, 0.4) is 0 Å². The van der Waals surface area contributed by atoms with Gasteiger partial charge in [0.25, 0.3) is 0 Å². The second-order valence-electron chi connectivity index (χ2n) is 10.1. The van der Waals surface area contributed by atoms with Gasteiger partial charge in [-0.05, 0) is 79.1 Å². The Balaban J connectivity index is 1.41. The molecule has 1 fully saturated rings. The average molecular weight is 437 g/mol. The van der Waals surface area contributed by atoms with Gasteiger partial charge in [-0.1, -0.05) is 54.6 Å². The van der Waals surface area contributed by atoms with E-state index in [2.05, 4.69) is 89.6 Å². The maximum atomic E-state index is 5.63. The van der Waals surface area contributed by atoms with Crippen LogP contribution in [-0.2, 0) is 24.8 Å². The molecular formula is C30H32N2O. The summed E-state index contributed by atoms with van der Waals surface area (Å²) in [6, 6.07) is 26.7. The van der Waals surface area contributed by atoms with Crippen molar-refractivity contribution in [2.45, 2.75) is 38.1 Å². The van der Waals surface area contributed by atoms with E-state index in [1.807, 2.05) is 0 Å². The standard InChI is InChI=1S/C30H32N2O/c1-21-11-12-26-27-17-24-20-32(19-22-7-4-3-5-8-22)14-13-30(24,18-29(27)31-28(26)15-21)23-9-6-10-25(16-23)33-2/h3-12,15-16,24,31H,13-14,17-20H2,1-2H3. The van der Waals surface area contributed by atoms with Crippen LogP contribution in [0.4, 0.5) is 0 Å². The summed E-state index contributed by atoms with van der Waals surface area (Å²) in [5, 5.41) is 1.41. The Hall–Kier alpha value is -3.04. The number of aromatic nitrogens is 1. The molecule has 2 unspecified atom stereocenters. The zero-order valence-corrected chi connectivity index (χ0v) is 19.6. The van der Waals surface area contributed by atoms with Crippen molar-refractivity contribution in [3.05, 3.63) is 101 Å². The minimum absolute atomic E-state index is 0.144. The van der Waals surface area contributed by atoms with Crippen LogP contribution in [0.2, 0.25) is 0 Å². The van der Waals surface area contributed by atoms with Gasteiger partial charge in [0.1, 0.15) is 5.75 Å². The molecule has 2 heterocycles. The highest BCUT2D eigenvalue weighted by Gasteiger charge is 2.48. The van der Waals surface area contributed by atoms with Gasteiger partial charge >= 0.3 is 0 Å². The number of aryl methyl sites for hydroxylation is 1. The molecule has 3 nitrogen and oxygen atoms in total. The molecule has 3 aromatic carbocycles. The topological polar surface area (TPSA) is 28.3 Å². The lowest BCUT2D eigenvalue weighted by molar-refractivity contribution is 0.0765. The summed E-state index contributed by atoms with van der Waals surface area (Å²) < 4.78 is 5.63. The molecule has 2 aliphatic rings. The number of hydrogen-bond acceptors (Lipinski definition) is 2. The molecule has 1 aliphatic heterocycles. The molecule has 0 saturated carbocycles. The zero-order valence-electron chi connectivity index (χ0n) is 19.6. The van der Waals surface area contributed by atoms with Crippen molar-refractivity contribution >= 4 is 10.9 Å². The first-order chi connectivity index (χ1) is 16.1. The maximum absolute atomic E-state index is 5.63. The lowest BCUT2D eigenvalue weighted by Gasteiger charge is -2.51. The molecule has 2 atom stereocenters. The van der Waals surface area contributed by atoms with Gasteiger partial charge in [0.05, 0.1) is 7.11 Å². The van der Waals surface area contributed by atoms with E-state index in [-0.39, 0.29) is 5.41 Å². The van der Waals surface area contributed by atoms with Crippen molar-refractivity contribution in [2.75, 3.05) is 20.2 Å². The van der Waals surface area contributed by atoms with E-state index in [1.54, 1.807) is 7.11 Å². The third-order valence-electron chi connectivity index (χ3n) is 8.12. The van der Waals surface area contributed by atoms with Gasteiger partial charge in [-0.15, -0.1) is 0 Å². The minimum atomic E-state index is 0.144. The number of rotatable bonds is 4. The van der Waals surface area contributed by atoms with E-state index in [4.69, 9.17) is 4.74 Å². The van der Waals surface area contributed by atoms with Gasteiger partial charge in [0.15, 0.2) is 0 Å². The monoisotopic (exact) mass is 436 g/mol. The van der Waals surface area contributed by atoms with E-state index in [9.17, 15) is 0 Å². The summed E-state index contributed by atoms with van der Waals surface area (Å²) in [5.74, 6) is 1.54. The zero-order chi connectivity index (χ0) is 22.4. The van der Waals surface area contributed by atoms with Crippen molar-refractivity contribution in [3.63, 3.8) is 0 Å². The SMILES string of the molecule is COc1cccc(C23CCN(Cc4ccccc4)CC2Cc2c([nH]c4cc(C)ccc24)C3)c1. The summed E-state index contributed by atoms with van der Waals surface area (Å²) in [5.41, 5.74) is 8.57. The first kappa shape index (κ1) is 20.6. The Morgan fingerprint density at radius 3 is 2.76 bits per heavy atom. The molecule has 0 bridgehead atoms.